The lowest BCUT2D eigenvalue weighted by atomic mass is 9.97. The van der Waals surface area contributed by atoms with E-state index >= 15 is 0 Å². The molecule has 192 valence electrons. The number of amides is 2. The van der Waals surface area contributed by atoms with E-state index in [1.807, 2.05) is 69.3 Å². The van der Waals surface area contributed by atoms with Crippen molar-refractivity contribution in [3.05, 3.63) is 59.7 Å². The molecule has 8 nitrogen and oxygen atoms in total. The molecule has 2 amide bonds. The number of aryl methyl sites for hydroxylation is 1. The first-order chi connectivity index (χ1) is 17.3. The molecule has 2 aromatic carbocycles. The number of aromatic nitrogens is 3. The number of hydrogen-bond donors (Lipinski definition) is 1. The quantitative estimate of drug-likeness (QED) is 0.462. The maximum atomic E-state index is 13.9. The highest BCUT2D eigenvalue weighted by molar-refractivity contribution is 5.89. The minimum Gasteiger partial charge on any atom is -0.376 e. The van der Waals surface area contributed by atoms with Gasteiger partial charge in [-0.3, -0.25) is 9.59 Å². The first-order valence-electron chi connectivity index (χ1n) is 12.9. The second kappa shape index (κ2) is 11.2. The number of ether oxygens (including phenoxy) is 1. The molecular formula is C28H37N5O3. The topological polar surface area (TPSA) is 89.4 Å². The average Bonchev–Trinajstić information content (AvgIpc) is 3.54. The van der Waals surface area contributed by atoms with E-state index in [0.29, 0.717) is 13.2 Å². The van der Waals surface area contributed by atoms with Crippen molar-refractivity contribution >= 4 is 22.8 Å². The minimum atomic E-state index is -0.784. The Kier molecular flexibility index (Phi) is 8.04. The van der Waals surface area contributed by atoms with Gasteiger partial charge in [0.25, 0.3) is 0 Å². The molecule has 1 aliphatic heterocycles. The van der Waals surface area contributed by atoms with Crippen LogP contribution in [0.5, 0.6) is 0 Å². The fourth-order valence-electron chi connectivity index (χ4n) is 4.51. The fraction of sp³-hybridized carbons (Fsp3) is 0.500. The Balaban J connectivity index is 1.71. The highest BCUT2D eigenvalue weighted by Gasteiger charge is 2.36. The molecule has 0 bridgehead atoms. The van der Waals surface area contributed by atoms with Crippen LogP contribution < -0.4 is 5.32 Å². The van der Waals surface area contributed by atoms with Gasteiger partial charge >= 0.3 is 0 Å². The maximum Gasteiger partial charge on any atom is 0.247 e. The van der Waals surface area contributed by atoms with Crippen LogP contribution in [0.3, 0.4) is 0 Å². The van der Waals surface area contributed by atoms with Crippen LogP contribution in [-0.2, 0) is 27.3 Å². The molecule has 1 fully saturated rings. The van der Waals surface area contributed by atoms with Crippen LogP contribution in [0.2, 0.25) is 0 Å². The number of carbonyl (C=O) groups excluding carboxylic acids is 2. The summed E-state index contributed by atoms with van der Waals surface area (Å²) in [7, 11) is 0. The Morgan fingerprint density at radius 1 is 1.17 bits per heavy atom. The van der Waals surface area contributed by atoms with E-state index in [0.717, 1.165) is 42.3 Å². The van der Waals surface area contributed by atoms with Crippen molar-refractivity contribution in [2.75, 3.05) is 13.2 Å². The summed E-state index contributed by atoms with van der Waals surface area (Å²) in [5.74, 6) is -0.393. The van der Waals surface area contributed by atoms with Gasteiger partial charge in [0.05, 0.1) is 11.6 Å². The molecular weight excluding hydrogens is 454 g/mol. The molecule has 1 saturated heterocycles. The monoisotopic (exact) mass is 491 g/mol. The van der Waals surface area contributed by atoms with E-state index in [9.17, 15) is 9.59 Å². The molecule has 4 rings (SSSR count). The fourth-order valence-corrected chi connectivity index (χ4v) is 4.51. The predicted molar refractivity (Wildman–Crippen MR) is 139 cm³/mol. The van der Waals surface area contributed by atoms with Crippen molar-refractivity contribution in [2.45, 2.75) is 77.6 Å². The number of fused-ring (bicyclic) bond motifs is 1. The van der Waals surface area contributed by atoms with Gasteiger partial charge in [0, 0.05) is 18.7 Å². The van der Waals surface area contributed by atoms with E-state index in [1.54, 1.807) is 9.58 Å². The van der Waals surface area contributed by atoms with Crippen molar-refractivity contribution in [1.29, 1.82) is 0 Å². The first kappa shape index (κ1) is 25.8. The van der Waals surface area contributed by atoms with Gasteiger partial charge in [0.1, 0.15) is 18.1 Å². The zero-order chi connectivity index (χ0) is 25.7. The van der Waals surface area contributed by atoms with Crippen LogP contribution in [-0.4, -0.2) is 56.5 Å². The largest absolute Gasteiger partial charge is 0.376 e. The lowest BCUT2D eigenvalue weighted by Gasteiger charge is -2.35. The third-order valence-electron chi connectivity index (χ3n) is 7.06. The highest BCUT2D eigenvalue weighted by atomic mass is 16.5. The Morgan fingerprint density at radius 2 is 1.92 bits per heavy atom. The molecule has 8 heteroatoms. The molecule has 0 saturated carbocycles. The average molecular weight is 492 g/mol. The van der Waals surface area contributed by atoms with Crippen molar-refractivity contribution in [2.24, 2.45) is 0 Å². The molecule has 2 atom stereocenters. The summed E-state index contributed by atoms with van der Waals surface area (Å²) in [5, 5.41) is 11.6. The Labute approximate surface area is 213 Å². The van der Waals surface area contributed by atoms with Gasteiger partial charge in [0.2, 0.25) is 11.8 Å². The minimum absolute atomic E-state index is 0.0127. The molecule has 0 unspecified atom stereocenters. The highest BCUT2D eigenvalue weighted by Crippen LogP contribution is 2.27. The molecule has 1 aliphatic rings. The number of nitrogens with one attached hydrogen (secondary N) is 1. The van der Waals surface area contributed by atoms with Crippen LogP contribution in [0.25, 0.3) is 11.0 Å². The van der Waals surface area contributed by atoms with Gasteiger partial charge in [-0.25, -0.2) is 4.68 Å². The second-order valence-corrected chi connectivity index (χ2v) is 10.1. The van der Waals surface area contributed by atoms with E-state index in [-0.39, 0.29) is 24.5 Å². The summed E-state index contributed by atoms with van der Waals surface area (Å²) < 4.78 is 7.51. The number of benzene rings is 2. The summed E-state index contributed by atoms with van der Waals surface area (Å²) >= 11 is 0. The smallest absolute Gasteiger partial charge is 0.247 e. The van der Waals surface area contributed by atoms with E-state index in [2.05, 4.69) is 22.6 Å². The summed E-state index contributed by atoms with van der Waals surface area (Å²) in [5.41, 5.74) is 3.07. The summed E-state index contributed by atoms with van der Waals surface area (Å²) in [6.07, 6.45) is 3.37. The maximum absolute atomic E-state index is 13.9. The molecule has 0 spiro atoms. The van der Waals surface area contributed by atoms with Gasteiger partial charge in [-0.2, -0.15) is 0 Å². The Hall–Kier alpha value is -3.26. The van der Waals surface area contributed by atoms with Gasteiger partial charge in [-0.1, -0.05) is 55.5 Å². The van der Waals surface area contributed by atoms with E-state index in [4.69, 9.17) is 4.74 Å². The third-order valence-corrected chi connectivity index (χ3v) is 7.06. The van der Waals surface area contributed by atoms with Crippen molar-refractivity contribution in [3.8, 4) is 0 Å². The Morgan fingerprint density at radius 3 is 2.58 bits per heavy atom. The number of carbonyl (C=O) groups is 2. The third kappa shape index (κ3) is 5.93. The van der Waals surface area contributed by atoms with E-state index < -0.39 is 11.6 Å². The zero-order valence-electron chi connectivity index (χ0n) is 21.7. The van der Waals surface area contributed by atoms with Crippen LogP contribution in [0.15, 0.2) is 48.5 Å². The normalized spacial score (nSPS) is 16.7. The standard InChI is InChI=1S/C28H37N5O3/c1-5-20-13-15-21(16-14-20)26(27(35)29-28(3,4)6-2)32(18-22-10-9-17-36-22)25(34)19-33-24-12-8-7-11-23(24)30-31-33/h7-8,11-16,22,26H,5-6,9-10,17-19H2,1-4H3,(H,29,35)/t22-,26+/m1/s1. The molecule has 0 radical (unpaired) electrons. The molecule has 3 aromatic rings. The van der Waals surface area contributed by atoms with Crippen LogP contribution in [0.4, 0.5) is 0 Å². The number of hydrogen-bond acceptors (Lipinski definition) is 5. The van der Waals surface area contributed by atoms with E-state index in [1.165, 1.54) is 5.56 Å². The molecule has 1 N–H and O–H groups in total. The Bertz CT molecular complexity index is 1180. The number of para-hydroxylation sites is 1. The van der Waals surface area contributed by atoms with Gasteiger partial charge < -0.3 is 15.0 Å². The first-order valence-corrected chi connectivity index (χ1v) is 12.9. The number of nitrogens with zero attached hydrogens (tertiary/aromatic N) is 4. The van der Waals surface area contributed by atoms with Crippen LogP contribution >= 0.6 is 0 Å². The van der Waals surface area contributed by atoms with Gasteiger partial charge in [-0.15, -0.1) is 5.10 Å². The van der Waals surface area contributed by atoms with Gasteiger partial charge in [0.15, 0.2) is 0 Å². The van der Waals surface area contributed by atoms with Crippen molar-refractivity contribution in [1.82, 2.24) is 25.2 Å². The van der Waals surface area contributed by atoms with Gasteiger partial charge in [-0.05, 0) is 62.8 Å². The molecule has 36 heavy (non-hydrogen) atoms. The zero-order valence-corrected chi connectivity index (χ0v) is 21.7. The molecule has 0 aliphatic carbocycles. The number of rotatable bonds is 10. The summed E-state index contributed by atoms with van der Waals surface area (Å²) in [6, 6.07) is 14.7. The molecule has 2 heterocycles. The van der Waals surface area contributed by atoms with Crippen LogP contribution in [0.1, 0.15) is 64.1 Å². The second-order valence-electron chi connectivity index (χ2n) is 10.1. The summed E-state index contributed by atoms with van der Waals surface area (Å²) in [6.45, 7) is 9.12. The lowest BCUT2D eigenvalue weighted by molar-refractivity contribution is -0.144. The predicted octanol–water partition coefficient (Wildman–Crippen LogP) is 4.05. The summed E-state index contributed by atoms with van der Waals surface area (Å²) in [4.78, 5) is 29.4. The van der Waals surface area contributed by atoms with Crippen LogP contribution in [0, 0.1) is 0 Å². The SMILES string of the molecule is CCc1ccc([C@@H](C(=O)NC(C)(C)CC)N(C[C@H]2CCCO2)C(=O)Cn2nnc3ccccc32)cc1. The van der Waals surface area contributed by atoms with Crippen molar-refractivity contribution in [3.63, 3.8) is 0 Å². The molecule has 1 aromatic heterocycles. The lowest BCUT2D eigenvalue weighted by Crippen LogP contribution is -2.52. The van der Waals surface area contributed by atoms with Crippen molar-refractivity contribution < 1.29 is 14.3 Å².